The summed E-state index contributed by atoms with van der Waals surface area (Å²) in [5.41, 5.74) is 3.70. The van der Waals surface area contributed by atoms with Crippen molar-refractivity contribution in [3.8, 4) is 0 Å². The largest absolute Gasteiger partial charge is 0.394 e. The third-order valence-electron chi connectivity index (χ3n) is 1.78. The molecule has 0 aliphatic rings. The Labute approximate surface area is 94.3 Å². The molecule has 0 saturated carbocycles. The van der Waals surface area contributed by atoms with Gasteiger partial charge in [-0.25, -0.2) is 17.6 Å². The van der Waals surface area contributed by atoms with Crippen LogP contribution in [0.25, 0.3) is 0 Å². The third kappa shape index (κ3) is 2.41. The zero-order valence-electron chi connectivity index (χ0n) is 8.41. The van der Waals surface area contributed by atoms with Crippen molar-refractivity contribution in [2.24, 2.45) is 0 Å². The lowest BCUT2D eigenvalue weighted by atomic mass is 10.2. The van der Waals surface area contributed by atoms with E-state index in [1.165, 1.54) is 0 Å². The molecule has 90 valence electrons. The fraction of sp³-hybridized carbons (Fsp3) is 0.333. The monoisotopic (exact) mass is 254 g/mol. The molecule has 1 aromatic carbocycles. The Bertz CT molecular complexity index is 369. The third-order valence-corrected chi connectivity index (χ3v) is 2.69. The molecule has 7 heteroatoms. The van der Waals surface area contributed by atoms with E-state index in [0.717, 1.165) is 6.42 Å². The van der Waals surface area contributed by atoms with E-state index in [-0.39, 0.29) is 0 Å². The average molecular weight is 254 g/mol. The second-order valence-corrected chi connectivity index (χ2v) is 3.90. The van der Waals surface area contributed by atoms with Crippen LogP contribution in [-0.4, -0.2) is 6.54 Å². The van der Waals surface area contributed by atoms with Crippen molar-refractivity contribution in [2.75, 3.05) is 12.3 Å². The molecule has 0 aromatic heterocycles. The summed E-state index contributed by atoms with van der Waals surface area (Å²) in [5, 5.41) is 0. The Morgan fingerprint density at radius 1 is 1.06 bits per heavy atom. The smallest absolute Gasteiger partial charge is 0.186 e. The van der Waals surface area contributed by atoms with Gasteiger partial charge in [-0.1, -0.05) is 6.92 Å². The van der Waals surface area contributed by atoms with Crippen molar-refractivity contribution in [1.29, 1.82) is 0 Å². The minimum Gasteiger partial charge on any atom is -0.394 e. The van der Waals surface area contributed by atoms with Crippen LogP contribution in [0.5, 0.6) is 0 Å². The van der Waals surface area contributed by atoms with E-state index in [4.69, 9.17) is 5.73 Å². The number of benzene rings is 1. The Kier molecular flexibility index (Phi) is 4.43. The first-order chi connectivity index (χ1) is 7.50. The van der Waals surface area contributed by atoms with E-state index in [0.29, 0.717) is 18.5 Å². The van der Waals surface area contributed by atoms with Crippen molar-refractivity contribution >= 4 is 17.6 Å². The maximum absolute atomic E-state index is 13.2. The number of anilines is 1. The average Bonchev–Trinajstić information content (AvgIpc) is 2.28. The van der Waals surface area contributed by atoms with Gasteiger partial charge in [0.1, 0.15) is 10.6 Å². The quantitative estimate of drug-likeness (QED) is 0.285. The number of halogens is 4. The maximum Gasteiger partial charge on any atom is 0.186 e. The summed E-state index contributed by atoms with van der Waals surface area (Å²) in [6.07, 6.45) is 0.718. The first-order valence-electron chi connectivity index (χ1n) is 4.51. The minimum absolute atomic E-state index is 0.456. The van der Waals surface area contributed by atoms with Gasteiger partial charge < -0.3 is 5.73 Å². The summed E-state index contributed by atoms with van der Waals surface area (Å²) in [4.78, 5) is -0.752. The normalized spacial score (nSPS) is 10.8. The number of nitrogens with two attached hydrogens (primary N) is 1. The van der Waals surface area contributed by atoms with Crippen LogP contribution >= 0.6 is 11.9 Å². The molecule has 16 heavy (non-hydrogen) atoms. The number of nitrogen functional groups attached to an aromatic ring is 1. The van der Waals surface area contributed by atoms with Gasteiger partial charge in [-0.3, -0.25) is 4.72 Å². The fourth-order valence-corrected chi connectivity index (χ4v) is 1.75. The van der Waals surface area contributed by atoms with Gasteiger partial charge in [-0.15, -0.1) is 0 Å². The Hall–Kier alpha value is -0.950. The summed E-state index contributed by atoms with van der Waals surface area (Å²) < 4.78 is 55.0. The van der Waals surface area contributed by atoms with E-state index in [9.17, 15) is 17.6 Å². The summed E-state index contributed by atoms with van der Waals surface area (Å²) in [7, 11) is 0. The molecule has 0 heterocycles. The highest BCUT2D eigenvalue weighted by atomic mass is 32.2. The van der Waals surface area contributed by atoms with Crippen LogP contribution in [-0.2, 0) is 0 Å². The molecule has 0 amide bonds. The summed E-state index contributed by atoms with van der Waals surface area (Å²) in [6.45, 7) is 2.29. The Morgan fingerprint density at radius 3 is 2.00 bits per heavy atom. The van der Waals surface area contributed by atoms with Crippen molar-refractivity contribution in [2.45, 2.75) is 18.2 Å². The predicted molar refractivity (Wildman–Crippen MR) is 54.8 cm³/mol. The van der Waals surface area contributed by atoms with Gasteiger partial charge in [0, 0.05) is 6.54 Å². The van der Waals surface area contributed by atoms with E-state index in [2.05, 4.69) is 4.72 Å². The second kappa shape index (κ2) is 5.40. The van der Waals surface area contributed by atoms with Crippen molar-refractivity contribution in [3.63, 3.8) is 0 Å². The molecule has 0 aliphatic carbocycles. The standard InChI is InChI=1S/C9H10F4N2S/c1-2-3-15-16-9-6(12)4(10)8(14)5(11)7(9)13/h15H,2-3,14H2,1H3. The van der Waals surface area contributed by atoms with Crippen molar-refractivity contribution < 1.29 is 17.6 Å². The van der Waals surface area contributed by atoms with Crippen LogP contribution < -0.4 is 10.5 Å². The Balaban J connectivity index is 3.08. The van der Waals surface area contributed by atoms with Crippen molar-refractivity contribution in [1.82, 2.24) is 4.72 Å². The van der Waals surface area contributed by atoms with Crippen LogP contribution in [0.2, 0.25) is 0 Å². The molecule has 0 bridgehead atoms. The lowest BCUT2D eigenvalue weighted by Crippen LogP contribution is -2.09. The van der Waals surface area contributed by atoms with Gasteiger partial charge in [0.25, 0.3) is 0 Å². The van der Waals surface area contributed by atoms with Gasteiger partial charge in [0.15, 0.2) is 23.3 Å². The zero-order valence-corrected chi connectivity index (χ0v) is 9.23. The molecule has 1 rings (SSSR count). The number of rotatable bonds is 4. The molecule has 1 aromatic rings. The highest BCUT2D eigenvalue weighted by Crippen LogP contribution is 2.31. The van der Waals surface area contributed by atoms with Crippen LogP contribution in [0.4, 0.5) is 23.2 Å². The van der Waals surface area contributed by atoms with E-state index >= 15 is 0 Å². The molecule has 0 fully saturated rings. The second-order valence-electron chi connectivity index (χ2n) is 3.00. The van der Waals surface area contributed by atoms with E-state index in [1.54, 1.807) is 0 Å². The molecule has 0 atom stereocenters. The molecular weight excluding hydrogens is 244 g/mol. The fourth-order valence-electron chi connectivity index (χ4n) is 0.943. The molecule has 0 aliphatic heterocycles. The molecule has 3 N–H and O–H groups in total. The van der Waals surface area contributed by atoms with Crippen LogP contribution in [0.3, 0.4) is 0 Å². The SMILES string of the molecule is CCCNSc1c(F)c(F)c(N)c(F)c1F. The summed E-state index contributed by atoms with van der Waals surface area (Å²) >= 11 is 0.500. The molecule has 0 radical (unpaired) electrons. The van der Waals surface area contributed by atoms with Gasteiger partial charge >= 0.3 is 0 Å². The lowest BCUT2D eigenvalue weighted by Gasteiger charge is -2.09. The molecule has 2 nitrogen and oxygen atoms in total. The topological polar surface area (TPSA) is 38.0 Å². The van der Waals surface area contributed by atoms with Crippen molar-refractivity contribution in [3.05, 3.63) is 23.3 Å². The van der Waals surface area contributed by atoms with Gasteiger partial charge in [-0.05, 0) is 18.4 Å². The molecule has 0 saturated heterocycles. The number of nitrogens with one attached hydrogen (secondary N) is 1. The van der Waals surface area contributed by atoms with E-state index in [1.807, 2.05) is 6.92 Å². The van der Waals surface area contributed by atoms with E-state index < -0.39 is 33.9 Å². The Morgan fingerprint density at radius 2 is 1.56 bits per heavy atom. The van der Waals surface area contributed by atoms with Crippen LogP contribution in [0.1, 0.15) is 13.3 Å². The number of hydrogen-bond donors (Lipinski definition) is 2. The van der Waals surface area contributed by atoms with Crippen LogP contribution in [0.15, 0.2) is 4.90 Å². The summed E-state index contributed by atoms with van der Waals surface area (Å²) in [5.74, 6) is -6.10. The predicted octanol–water partition coefficient (Wildman–Crippen LogP) is 2.83. The van der Waals surface area contributed by atoms with Crippen LogP contribution in [0, 0.1) is 23.3 Å². The summed E-state index contributed by atoms with van der Waals surface area (Å²) in [6, 6.07) is 0. The molecular formula is C9H10F4N2S. The number of hydrogen-bond acceptors (Lipinski definition) is 3. The maximum atomic E-state index is 13.2. The highest BCUT2D eigenvalue weighted by Gasteiger charge is 2.23. The van der Waals surface area contributed by atoms with Gasteiger partial charge in [-0.2, -0.15) is 0 Å². The van der Waals surface area contributed by atoms with Gasteiger partial charge in [0.05, 0.1) is 0 Å². The molecule has 0 spiro atoms. The first-order valence-corrected chi connectivity index (χ1v) is 5.33. The van der Waals surface area contributed by atoms with Gasteiger partial charge in [0.2, 0.25) is 0 Å². The zero-order chi connectivity index (χ0) is 12.3. The highest BCUT2D eigenvalue weighted by molar-refractivity contribution is 7.97. The minimum atomic E-state index is -1.57. The first kappa shape index (κ1) is 13.1. The molecule has 0 unspecified atom stereocenters. The lowest BCUT2D eigenvalue weighted by molar-refractivity contribution is 0.431.